The number of fused-ring (bicyclic) bond motifs is 1. The van der Waals surface area contributed by atoms with Crippen molar-refractivity contribution in [2.45, 2.75) is 45.6 Å². The number of nitrogens with zero attached hydrogens (tertiary/aromatic N) is 3. The average Bonchev–Trinajstić information content (AvgIpc) is 3.36. The summed E-state index contributed by atoms with van der Waals surface area (Å²) in [7, 11) is 0. The molecule has 1 aromatic carbocycles. The van der Waals surface area contributed by atoms with E-state index in [0.29, 0.717) is 49.9 Å². The molecule has 1 amide bonds. The van der Waals surface area contributed by atoms with Crippen molar-refractivity contribution >= 4 is 17.4 Å². The van der Waals surface area contributed by atoms with Crippen LogP contribution in [0.15, 0.2) is 18.2 Å². The Morgan fingerprint density at radius 2 is 2.06 bits per heavy atom. The van der Waals surface area contributed by atoms with Gasteiger partial charge in [-0.2, -0.15) is 13.2 Å². The van der Waals surface area contributed by atoms with E-state index in [9.17, 15) is 18.0 Å². The molecule has 1 aromatic heterocycles. The highest BCUT2D eigenvalue weighted by atomic mass is 19.4. The fraction of sp³-hybridized carbons (Fsp3) is 0.476. The first kappa shape index (κ1) is 21.4. The highest BCUT2D eigenvalue weighted by Crippen LogP contribution is 2.35. The van der Waals surface area contributed by atoms with E-state index in [1.807, 2.05) is 0 Å². The lowest BCUT2D eigenvalue weighted by atomic mass is 10.0. The number of benzene rings is 1. The zero-order chi connectivity index (χ0) is 22.3. The zero-order valence-electron chi connectivity index (χ0n) is 17.3. The molecule has 2 aliphatic heterocycles. The number of nitrogens with one attached hydrogen (secondary N) is 1. The molecule has 31 heavy (non-hydrogen) atoms. The number of aromatic nitrogens is 2. The van der Waals surface area contributed by atoms with Crippen molar-refractivity contribution in [2.75, 3.05) is 24.3 Å². The molecule has 0 bridgehead atoms. The van der Waals surface area contributed by atoms with E-state index in [4.69, 9.17) is 10.5 Å². The number of anilines is 2. The monoisotopic (exact) mass is 435 g/mol. The second-order valence-corrected chi connectivity index (χ2v) is 8.05. The molecule has 7 nitrogen and oxygen atoms in total. The number of alkyl halides is 3. The highest BCUT2D eigenvalue weighted by molar-refractivity contribution is 5.80. The van der Waals surface area contributed by atoms with E-state index in [1.165, 1.54) is 6.07 Å². The molecule has 10 heteroatoms. The van der Waals surface area contributed by atoms with Gasteiger partial charge in [0.15, 0.2) is 0 Å². The van der Waals surface area contributed by atoms with Crippen LogP contribution in [-0.4, -0.2) is 34.0 Å². The van der Waals surface area contributed by atoms with Gasteiger partial charge in [0.1, 0.15) is 11.6 Å². The molecule has 0 saturated carbocycles. The van der Waals surface area contributed by atoms with Gasteiger partial charge < -0.3 is 20.7 Å². The predicted molar refractivity (Wildman–Crippen MR) is 108 cm³/mol. The zero-order valence-corrected chi connectivity index (χ0v) is 17.3. The van der Waals surface area contributed by atoms with Gasteiger partial charge in [-0.05, 0) is 44.0 Å². The van der Waals surface area contributed by atoms with Crippen molar-refractivity contribution in [1.29, 1.82) is 0 Å². The van der Waals surface area contributed by atoms with Crippen molar-refractivity contribution in [3.05, 3.63) is 46.4 Å². The van der Waals surface area contributed by atoms with Gasteiger partial charge in [-0.1, -0.05) is 0 Å². The topological polar surface area (TPSA) is 93.4 Å². The van der Waals surface area contributed by atoms with E-state index in [-0.39, 0.29) is 17.5 Å². The molecule has 0 radical (unpaired) electrons. The highest BCUT2D eigenvalue weighted by Gasteiger charge is 2.34. The summed E-state index contributed by atoms with van der Waals surface area (Å²) in [4.78, 5) is 23.4. The van der Waals surface area contributed by atoms with Gasteiger partial charge in [0.25, 0.3) is 0 Å². The third kappa shape index (κ3) is 4.43. The Labute approximate surface area is 177 Å². The molecule has 3 N–H and O–H groups in total. The van der Waals surface area contributed by atoms with Crippen LogP contribution in [0.2, 0.25) is 0 Å². The molecule has 0 spiro atoms. The summed E-state index contributed by atoms with van der Waals surface area (Å²) in [5, 5.41) is 3.20. The molecule has 1 saturated heterocycles. The van der Waals surface area contributed by atoms with Crippen LogP contribution in [0.25, 0.3) is 0 Å². The Morgan fingerprint density at radius 1 is 1.29 bits per heavy atom. The minimum atomic E-state index is -4.48. The standard InChI is InChI=1S/C21H24F3N5O2/c1-11(14-5-15(21(22,23)24)7-16(25)6-14)26-19-17-8-29(9-18(17)27-12(2)28-19)20(30)13-3-4-31-10-13/h5-7,11,13H,3-4,8-10,25H2,1-2H3,(H,26,27,28)/t11-,13?/m1/s1. The maximum absolute atomic E-state index is 13.2. The smallest absolute Gasteiger partial charge is 0.399 e. The van der Waals surface area contributed by atoms with Gasteiger partial charge in [0.2, 0.25) is 5.91 Å². The lowest BCUT2D eigenvalue weighted by molar-refractivity contribution is -0.137. The molecule has 3 heterocycles. The number of ether oxygens (including phenoxy) is 1. The molecule has 0 aliphatic carbocycles. The van der Waals surface area contributed by atoms with Gasteiger partial charge >= 0.3 is 6.18 Å². The summed E-state index contributed by atoms with van der Waals surface area (Å²) in [6.07, 6.45) is -3.78. The third-order valence-electron chi connectivity index (χ3n) is 5.64. The van der Waals surface area contributed by atoms with Gasteiger partial charge in [-0.15, -0.1) is 0 Å². The van der Waals surface area contributed by atoms with Crippen molar-refractivity contribution < 1.29 is 22.7 Å². The molecule has 2 atom stereocenters. The average molecular weight is 435 g/mol. The van der Waals surface area contributed by atoms with Gasteiger partial charge in [-0.25, -0.2) is 9.97 Å². The number of hydrogen-bond acceptors (Lipinski definition) is 6. The summed E-state index contributed by atoms with van der Waals surface area (Å²) in [5.41, 5.74) is 6.87. The van der Waals surface area contributed by atoms with Crippen LogP contribution in [0.1, 0.15) is 47.6 Å². The summed E-state index contributed by atoms with van der Waals surface area (Å²) >= 11 is 0. The maximum atomic E-state index is 13.2. The summed E-state index contributed by atoms with van der Waals surface area (Å²) in [6, 6.07) is 3.02. The van der Waals surface area contributed by atoms with Gasteiger partial charge in [0, 0.05) is 17.9 Å². The molecule has 2 aromatic rings. The third-order valence-corrected chi connectivity index (χ3v) is 5.64. The predicted octanol–water partition coefficient (Wildman–Crippen LogP) is 3.44. The number of amides is 1. The number of aryl methyl sites for hydroxylation is 1. The van der Waals surface area contributed by atoms with Crippen molar-refractivity contribution in [1.82, 2.24) is 14.9 Å². The van der Waals surface area contributed by atoms with E-state index in [1.54, 1.807) is 18.7 Å². The van der Waals surface area contributed by atoms with Crippen molar-refractivity contribution in [3.63, 3.8) is 0 Å². The summed E-state index contributed by atoms with van der Waals surface area (Å²) in [5.74, 6) is 0.920. The van der Waals surface area contributed by atoms with Crippen molar-refractivity contribution in [2.24, 2.45) is 5.92 Å². The lowest BCUT2D eigenvalue weighted by Gasteiger charge is -2.20. The van der Waals surface area contributed by atoms with Crippen LogP contribution >= 0.6 is 0 Å². The van der Waals surface area contributed by atoms with E-state index >= 15 is 0 Å². The van der Waals surface area contributed by atoms with Crippen LogP contribution in [0, 0.1) is 12.8 Å². The minimum Gasteiger partial charge on any atom is -0.399 e. The minimum absolute atomic E-state index is 0.0257. The number of carbonyl (C=O) groups excluding carboxylic acids is 1. The second kappa shape index (κ2) is 7.99. The Kier molecular flexibility index (Phi) is 5.50. The number of rotatable bonds is 4. The molecule has 1 fully saturated rings. The van der Waals surface area contributed by atoms with E-state index in [2.05, 4.69) is 15.3 Å². The molecule has 166 valence electrons. The maximum Gasteiger partial charge on any atom is 0.416 e. The first-order chi connectivity index (χ1) is 14.6. The van der Waals surface area contributed by atoms with Crippen LogP contribution in [-0.2, 0) is 28.8 Å². The second-order valence-electron chi connectivity index (χ2n) is 8.05. The lowest BCUT2D eigenvalue weighted by Crippen LogP contribution is -2.32. The Bertz CT molecular complexity index is 1010. The normalized spacial score (nSPS) is 19.4. The summed E-state index contributed by atoms with van der Waals surface area (Å²) < 4.78 is 44.8. The summed E-state index contributed by atoms with van der Waals surface area (Å²) in [6.45, 7) is 5.23. The van der Waals surface area contributed by atoms with Crippen LogP contribution < -0.4 is 11.1 Å². The van der Waals surface area contributed by atoms with Gasteiger partial charge in [-0.3, -0.25) is 4.79 Å². The fourth-order valence-corrected chi connectivity index (χ4v) is 4.02. The van der Waals surface area contributed by atoms with Gasteiger partial charge in [0.05, 0.1) is 42.9 Å². The Morgan fingerprint density at radius 3 is 2.74 bits per heavy atom. The quantitative estimate of drug-likeness (QED) is 0.715. The molecular weight excluding hydrogens is 411 g/mol. The SMILES string of the molecule is Cc1nc2c(c(N[C@H](C)c3cc(N)cc(C(F)(F)F)c3)n1)CN(C(=O)C1CCOC1)C2. The number of halogens is 3. The molecular formula is C21H24F3N5O2. The van der Waals surface area contributed by atoms with Crippen molar-refractivity contribution in [3.8, 4) is 0 Å². The fourth-order valence-electron chi connectivity index (χ4n) is 4.02. The number of hydrogen-bond donors (Lipinski definition) is 2. The first-order valence-electron chi connectivity index (χ1n) is 10.1. The molecule has 1 unspecified atom stereocenters. The molecule has 4 rings (SSSR count). The number of carbonyl (C=O) groups is 1. The Hall–Kier alpha value is -2.88. The van der Waals surface area contributed by atoms with E-state index in [0.717, 1.165) is 23.4 Å². The van der Waals surface area contributed by atoms with Crippen LogP contribution in [0.5, 0.6) is 0 Å². The number of nitrogen functional groups attached to an aromatic ring is 1. The van der Waals surface area contributed by atoms with E-state index < -0.39 is 17.8 Å². The Balaban J connectivity index is 1.57. The first-order valence-corrected chi connectivity index (χ1v) is 10.1. The molecule has 2 aliphatic rings. The number of nitrogens with two attached hydrogens (primary N) is 1. The largest absolute Gasteiger partial charge is 0.416 e. The van der Waals surface area contributed by atoms with Crippen LogP contribution in [0.4, 0.5) is 24.7 Å². The van der Waals surface area contributed by atoms with Crippen LogP contribution in [0.3, 0.4) is 0 Å².